The molecule has 1 aromatic carbocycles. The summed E-state index contributed by atoms with van der Waals surface area (Å²) in [6.45, 7) is 2.37. The summed E-state index contributed by atoms with van der Waals surface area (Å²) in [5.74, 6) is -0.724. The van der Waals surface area contributed by atoms with Crippen molar-refractivity contribution >= 4 is 11.9 Å². The summed E-state index contributed by atoms with van der Waals surface area (Å²) in [5.41, 5.74) is 1.37. The number of methoxy groups -OCH3 is 1. The molecule has 5 heteroatoms. The molecule has 1 atom stereocenters. The number of nitrogens with zero attached hydrogens (tertiary/aromatic N) is 1. The number of rotatable bonds is 3. The van der Waals surface area contributed by atoms with Gasteiger partial charge in [0.15, 0.2) is 0 Å². The van der Waals surface area contributed by atoms with Crippen LogP contribution in [-0.2, 0) is 4.79 Å². The van der Waals surface area contributed by atoms with Gasteiger partial charge in [-0.15, -0.1) is 0 Å². The molecule has 2 rings (SSSR count). The van der Waals surface area contributed by atoms with Gasteiger partial charge in [-0.25, -0.2) is 4.79 Å². The summed E-state index contributed by atoms with van der Waals surface area (Å²) < 4.78 is 5.21. The standard InChI is InChI=1S/C15H19NO4/c1-10-6-7-13(20-2)11(9-10)14(17)16-8-4-3-5-12(16)15(18)19/h6-7,9,12H,3-5,8H2,1-2H3,(H,18,19)/t12-/m0/s1. The zero-order chi connectivity index (χ0) is 14.7. The Morgan fingerprint density at radius 3 is 2.75 bits per heavy atom. The monoisotopic (exact) mass is 277 g/mol. The molecule has 1 amide bonds. The number of carbonyl (C=O) groups excluding carboxylic acids is 1. The molecule has 0 saturated carbocycles. The zero-order valence-electron chi connectivity index (χ0n) is 11.8. The summed E-state index contributed by atoms with van der Waals surface area (Å²) in [6, 6.07) is 4.61. The molecule has 1 saturated heterocycles. The highest BCUT2D eigenvalue weighted by atomic mass is 16.5. The number of piperidine rings is 1. The molecule has 1 aliphatic rings. The van der Waals surface area contributed by atoms with Crippen molar-refractivity contribution in [1.29, 1.82) is 0 Å². The zero-order valence-corrected chi connectivity index (χ0v) is 11.8. The molecule has 0 radical (unpaired) electrons. The first-order valence-corrected chi connectivity index (χ1v) is 6.73. The molecular formula is C15H19NO4. The molecule has 0 aromatic heterocycles. The topological polar surface area (TPSA) is 66.8 Å². The van der Waals surface area contributed by atoms with Crippen molar-refractivity contribution in [3.8, 4) is 5.75 Å². The molecule has 1 heterocycles. The molecule has 1 aromatic rings. The molecule has 5 nitrogen and oxygen atoms in total. The highest BCUT2D eigenvalue weighted by Gasteiger charge is 2.33. The molecule has 0 unspecified atom stereocenters. The summed E-state index contributed by atoms with van der Waals surface area (Å²) in [5, 5.41) is 9.26. The number of carboxylic acid groups (broad SMARTS) is 1. The van der Waals surface area contributed by atoms with E-state index in [0.29, 0.717) is 24.3 Å². The maximum absolute atomic E-state index is 12.6. The minimum absolute atomic E-state index is 0.266. The summed E-state index contributed by atoms with van der Waals surface area (Å²) in [7, 11) is 1.51. The van der Waals surface area contributed by atoms with Crippen LogP contribution in [0.2, 0.25) is 0 Å². The van der Waals surface area contributed by atoms with Gasteiger partial charge in [-0.3, -0.25) is 4.79 Å². The lowest BCUT2D eigenvalue weighted by atomic mass is 10.00. The number of hydrogen-bond acceptors (Lipinski definition) is 3. The summed E-state index contributed by atoms with van der Waals surface area (Å²) in [4.78, 5) is 25.4. The Morgan fingerprint density at radius 1 is 1.35 bits per heavy atom. The molecule has 0 spiro atoms. The molecular weight excluding hydrogens is 258 g/mol. The molecule has 108 valence electrons. The van der Waals surface area contributed by atoms with Crippen molar-refractivity contribution < 1.29 is 19.4 Å². The maximum atomic E-state index is 12.6. The van der Waals surface area contributed by atoms with E-state index in [9.17, 15) is 14.7 Å². The Labute approximate surface area is 118 Å². The van der Waals surface area contributed by atoms with E-state index in [1.165, 1.54) is 12.0 Å². The number of benzene rings is 1. The summed E-state index contributed by atoms with van der Waals surface area (Å²) >= 11 is 0. The highest BCUT2D eigenvalue weighted by molar-refractivity contribution is 5.99. The number of aryl methyl sites for hydroxylation is 1. The molecule has 20 heavy (non-hydrogen) atoms. The first-order valence-electron chi connectivity index (χ1n) is 6.73. The van der Waals surface area contributed by atoms with Crippen LogP contribution in [0.25, 0.3) is 0 Å². The average Bonchev–Trinajstić information content (AvgIpc) is 2.46. The van der Waals surface area contributed by atoms with Crippen LogP contribution >= 0.6 is 0 Å². The van der Waals surface area contributed by atoms with Gasteiger partial charge in [0.1, 0.15) is 11.8 Å². The average molecular weight is 277 g/mol. The van der Waals surface area contributed by atoms with Crippen LogP contribution in [0.1, 0.15) is 35.2 Å². The third-order valence-corrected chi connectivity index (χ3v) is 3.63. The van der Waals surface area contributed by atoms with Crippen LogP contribution in [0.15, 0.2) is 18.2 Å². The van der Waals surface area contributed by atoms with E-state index >= 15 is 0 Å². The van der Waals surface area contributed by atoms with Crippen LogP contribution < -0.4 is 4.74 Å². The largest absolute Gasteiger partial charge is 0.496 e. The molecule has 0 bridgehead atoms. The quantitative estimate of drug-likeness (QED) is 0.918. The minimum Gasteiger partial charge on any atom is -0.496 e. The van der Waals surface area contributed by atoms with E-state index in [-0.39, 0.29) is 5.91 Å². The Morgan fingerprint density at radius 2 is 2.10 bits per heavy atom. The Hall–Kier alpha value is -2.04. The van der Waals surface area contributed by atoms with Gasteiger partial charge < -0.3 is 14.7 Å². The maximum Gasteiger partial charge on any atom is 0.326 e. The SMILES string of the molecule is COc1ccc(C)cc1C(=O)N1CCCC[C@H]1C(=O)O. The van der Waals surface area contributed by atoms with Crippen molar-refractivity contribution in [3.63, 3.8) is 0 Å². The van der Waals surface area contributed by atoms with E-state index in [1.54, 1.807) is 12.1 Å². The second-order valence-corrected chi connectivity index (χ2v) is 5.05. The molecule has 1 aliphatic heterocycles. The van der Waals surface area contributed by atoms with Gasteiger partial charge >= 0.3 is 5.97 Å². The lowest BCUT2D eigenvalue weighted by Crippen LogP contribution is -2.48. The van der Waals surface area contributed by atoms with E-state index in [0.717, 1.165) is 18.4 Å². The predicted molar refractivity (Wildman–Crippen MR) is 74.0 cm³/mol. The predicted octanol–water partition coefficient (Wildman–Crippen LogP) is 2.08. The molecule has 0 aliphatic carbocycles. The van der Waals surface area contributed by atoms with Crippen LogP contribution in [0, 0.1) is 6.92 Å². The van der Waals surface area contributed by atoms with Gasteiger partial charge in [-0.2, -0.15) is 0 Å². The fraction of sp³-hybridized carbons (Fsp3) is 0.467. The Balaban J connectivity index is 2.34. The fourth-order valence-electron chi connectivity index (χ4n) is 2.58. The third kappa shape index (κ3) is 2.76. The van der Waals surface area contributed by atoms with Gasteiger partial charge in [0.05, 0.1) is 12.7 Å². The van der Waals surface area contributed by atoms with E-state index in [4.69, 9.17) is 4.74 Å². The van der Waals surface area contributed by atoms with Crippen molar-refractivity contribution in [2.45, 2.75) is 32.2 Å². The number of carbonyl (C=O) groups is 2. The van der Waals surface area contributed by atoms with E-state index < -0.39 is 12.0 Å². The number of carboxylic acids is 1. The van der Waals surface area contributed by atoms with Crippen molar-refractivity contribution in [2.24, 2.45) is 0 Å². The molecule has 1 N–H and O–H groups in total. The van der Waals surface area contributed by atoms with E-state index in [2.05, 4.69) is 0 Å². The van der Waals surface area contributed by atoms with Crippen LogP contribution in [0.5, 0.6) is 5.75 Å². The Bertz CT molecular complexity index is 527. The number of ether oxygens (including phenoxy) is 1. The lowest BCUT2D eigenvalue weighted by molar-refractivity contribution is -0.143. The van der Waals surface area contributed by atoms with Crippen LogP contribution in [0.4, 0.5) is 0 Å². The van der Waals surface area contributed by atoms with Crippen molar-refractivity contribution in [3.05, 3.63) is 29.3 Å². The lowest BCUT2D eigenvalue weighted by Gasteiger charge is -2.33. The Kier molecular flexibility index (Phi) is 4.27. The smallest absolute Gasteiger partial charge is 0.326 e. The second-order valence-electron chi connectivity index (χ2n) is 5.05. The number of amides is 1. The van der Waals surface area contributed by atoms with Gasteiger partial charge in [0, 0.05) is 6.54 Å². The van der Waals surface area contributed by atoms with Gasteiger partial charge in [0.25, 0.3) is 5.91 Å². The minimum atomic E-state index is -0.940. The van der Waals surface area contributed by atoms with Gasteiger partial charge in [0.2, 0.25) is 0 Å². The highest BCUT2D eigenvalue weighted by Crippen LogP contribution is 2.25. The van der Waals surface area contributed by atoms with Crippen LogP contribution in [-0.4, -0.2) is 41.6 Å². The third-order valence-electron chi connectivity index (χ3n) is 3.63. The summed E-state index contributed by atoms with van der Waals surface area (Å²) in [6.07, 6.45) is 2.19. The van der Waals surface area contributed by atoms with E-state index in [1.807, 2.05) is 13.0 Å². The van der Waals surface area contributed by atoms with Crippen molar-refractivity contribution in [1.82, 2.24) is 4.90 Å². The second kappa shape index (κ2) is 5.94. The van der Waals surface area contributed by atoms with Crippen molar-refractivity contribution in [2.75, 3.05) is 13.7 Å². The normalized spacial score (nSPS) is 18.7. The number of likely N-dealkylation sites (tertiary alicyclic amines) is 1. The first-order chi connectivity index (χ1) is 9.54. The number of hydrogen-bond donors (Lipinski definition) is 1. The fourth-order valence-corrected chi connectivity index (χ4v) is 2.58. The van der Waals surface area contributed by atoms with Crippen LogP contribution in [0.3, 0.4) is 0 Å². The molecule has 1 fully saturated rings. The van der Waals surface area contributed by atoms with Gasteiger partial charge in [-0.1, -0.05) is 11.6 Å². The van der Waals surface area contributed by atoms with Gasteiger partial charge in [-0.05, 0) is 38.3 Å². The first kappa shape index (κ1) is 14.4. The number of aliphatic carboxylic acids is 1.